The number of para-hydroxylation sites is 1. The van der Waals surface area contributed by atoms with Gasteiger partial charge in [-0.15, -0.1) is 0 Å². The Morgan fingerprint density at radius 1 is 0.870 bits per heavy atom. The fourth-order valence-corrected chi connectivity index (χ4v) is 2.22. The monoisotopic (exact) mass is 312 g/mol. The first kappa shape index (κ1) is 16.5. The smallest absolute Gasteiger partial charge is 0.276 e. The molecule has 0 radical (unpaired) electrons. The molecular formula is C18H20N2O3. The predicted octanol–water partition coefficient (Wildman–Crippen LogP) is 2.45. The number of hydrogen-bond donors (Lipinski definition) is 2. The molecule has 0 aromatic heterocycles. The number of aryl methyl sites for hydroxylation is 3. The summed E-state index contributed by atoms with van der Waals surface area (Å²) in [5.74, 6) is -0.0917. The van der Waals surface area contributed by atoms with Crippen molar-refractivity contribution < 1.29 is 14.3 Å². The zero-order chi connectivity index (χ0) is 16.8. The van der Waals surface area contributed by atoms with Crippen molar-refractivity contribution in [1.82, 2.24) is 10.9 Å². The van der Waals surface area contributed by atoms with Crippen LogP contribution in [0.5, 0.6) is 5.75 Å². The van der Waals surface area contributed by atoms with E-state index in [1.807, 2.05) is 51.1 Å². The van der Waals surface area contributed by atoms with Gasteiger partial charge in [-0.05, 0) is 43.5 Å². The zero-order valence-corrected chi connectivity index (χ0v) is 13.5. The molecule has 0 aliphatic rings. The van der Waals surface area contributed by atoms with Gasteiger partial charge in [0, 0.05) is 5.56 Å². The Bertz CT molecular complexity index is 706. The maximum Gasteiger partial charge on any atom is 0.276 e. The minimum Gasteiger partial charge on any atom is -0.483 e. The van der Waals surface area contributed by atoms with Crippen molar-refractivity contribution >= 4 is 11.8 Å². The number of carbonyl (C=O) groups is 2. The van der Waals surface area contributed by atoms with Gasteiger partial charge in [0.05, 0.1) is 0 Å². The fourth-order valence-electron chi connectivity index (χ4n) is 2.22. The summed E-state index contributed by atoms with van der Waals surface area (Å²) >= 11 is 0. The van der Waals surface area contributed by atoms with E-state index >= 15 is 0 Å². The average molecular weight is 312 g/mol. The SMILES string of the molecule is Cc1ccccc1C(=O)NNC(=O)COc1c(C)cccc1C. The molecule has 120 valence electrons. The third kappa shape index (κ3) is 4.32. The van der Waals surface area contributed by atoms with Gasteiger partial charge in [0.1, 0.15) is 5.75 Å². The second kappa shape index (κ2) is 7.45. The molecule has 2 aromatic carbocycles. The van der Waals surface area contributed by atoms with E-state index in [1.165, 1.54) is 0 Å². The highest BCUT2D eigenvalue weighted by Crippen LogP contribution is 2.21. The molecular weight excluding hydrogens is 292 g/mol. The van der Waals surface area contributed by atoms with Gasteiger partial charge in [0.2, 0.25) is 0 Å². The summed E-state index contributed by atoms with van der Waals surface area (Å²) in [7, 11) is 0. The van der Waals surface area contributed by atoms with Crippen LogP contribution in [-0.2, 0) is 4.79 Å². The number of carbonyl (C=O) groups excluding carboxylic acids is 2. The minimum absolute atomic E-state index is 0.167. The molecule has 2 aromatic rings. The molecule has 5 heteroatoms. The number of rotatable bonds is 4. The Kier molecular flexibility index (Phi) is 5.36. The molecule has 5 nitrogen and oxygen atoms in total. The highest BCUT2D eigenvalue weighted by molar-refractivity contribution is 5.96. The third-order valence-electron chi connectivity index (χ3n) is 3.46. The summed E-state index contributed by atoms with van der Waals surface area (Å²) in [5, 5.41) is 0. The lowest BCUT2D eigenvalue weighted by atomic mass is 10.1. The molecule has 23 heavy (non-hydrogen) atoms. The normalized spacial score (nSPS) is 10.0. The van der Waals surface area contributed by atoms with Crippen molar-refractivity contribution in [1.29, 1.82) is 0 Å². The molecule has 2 amide bonds. The Morgan fingerprint density at radius 2 is 1.48 bits per heavy atom. The summed E-state index contributed by atoms with van der Waals surface area (Å²) < 4.78 is 5.53. The van der Waals surface area contributed by atoms with Gasteiger partial charge in [0.15, 0.2) is 6.61 Å². The van der Waals surface area contributed by atoms with Crippen LogP contribution < -0.4 is 15.6 Å². The van der Waals surface area contributed by atoms with Gasteiger partial charge in [-0.1, -0.05) is 36.4 Å². The largest absolute Gasteiger partial charge is 0.483 e. The highest BCUT2D eigenvalue weighted by atomic mass is 16.5. The van der Waals surface area contributed by atoms with E-state index in [2.05, 4.69) is 10.9 Å². The highest BCUT2D eigenvalue weighted by Gasteiger charge is 2.10. The first-order valence-electron chi connectivity index (χ1n) is 7.33. The molecule has 0 unspecified atom stereocenters. The lowest BCUT2D eigenvalue weighted by Crippen LogP contribution is -2.44. The maximum atomic E-state index is 12.0. The molecule has 0 heterocycles. The number of ether oxygens (including phenoxy) is 1. The van der Waals surface area contributed by atoms with E-state index in [1.54, 1.807) is 12.1 Å². The fraction of sp³-hybridized carbons (Fsp3) is 0.222. The molecule has 2 rings (SSSR count). The molecule has 0 atom stereocenters. The molecule has 0 aliphatic heterocycles. The van der Waals surface area contributed by atoms with Gasteiger partial charge in [0.25, 0.3) is 11.8 Å². The van der Waals surface area contributed by atoms with Gasteiger partial charge in [-0.2, -0.15) is 0 Å². The molecule has 0 saturated heterocycles. The van der Waals surface area contributed by atoms with Crippen molar-refractivity contribution in [3.8, 4) is 5.75 Å². The number of hydrazine groups is 1. The molecule has 0 bridgehead atoms. The van der Waals surface area contributed by atoms with Crippen molar-refractivity contribution in [3.05, 3.63) is 64.7 Å². The van der Waals surface area contributed by atoms with Crippen LogP contribution in [0, 0.1) is 20.8 Å². The molecule has 0 fully saturated rings. The van der Waals surface area contributed by atoms with E-state index in [9.17, 15) is 9.59 Å². The first-order valence-corrected chi connectivity index (χ1v) is 7.33. The van der Waals surface area contributed by atoms with Crippen LogP contribution >= 0.6 is 0 Å². The topological polar surface area (TPSA) is 67.4 Å². The van der Waals surface area contributed by atoms with Gasteiger partial charge in [-0.3, -0.25) is 20.4 Å². The predicted molar refractivity (Wildman–Crippen MR) is 88.2 cm³/mol. The Morgan fingerprint density at radius 3 is 2.13 bits per heavy atom. The Balaban J connectivity index is 1.86. The summed E-state index contributed by atoms with van der Waals surface area (Å²) in [5.41, 5.74) is 8.02. The van der Waals surface area contributed by atoms with Crippen LogP contribution in [0.15, 0.2) is 42.5 Å². The van der Waals surface area contributed by atoms with Crippen molar-refractivity contribution in [2.24, 2.45) is 0 Å². The quantitative estimate of drug-likeness (QED) is 0.852. The first-order chi connectivity index (χ1) is 11.0. The van der Waals surface area contributed by atoms with E-state index in [0.29, 0.717) is 11.3 Å². The van der Waals surface area contributed by atoms with Gasteiger partial charge < -0.3 is 4.74 Å². The Hall–Kier alpha value is -2.82. The molecule has 0 spiro atoms. The van der Waals surface area contributed by atoms with Crippen LogP contribution in [0.3, 0.4) is 0 Å². The molecule has 0 saturated carbocycles. The zero-order valence-electron chi connectivity index (χ0n) is 13.5. The number of benzene rings is 2. The van der Waals surface area contributed by atoms with E-state index < -0.39 is 5.91 Å². The summed E-state index contributed by atoms with van der Waals surface area (Å²) in [6.45, 7) is 5.50. The molecule has 0 aliphatic carbocycles. The maximum absolute atomic E-state index is 12.0. The Labute approximate surface area is 135 Å². The summed E-state index contributed by atoms with van der Waals surface area (Å²) in [6.07, 6.45) is 0. The van der Waals surface area contributed by atoms with Crippen LogP contribution in [0.2, 0.25) is 0 Å². The number of hydrogen-bond acceptors (Lipinski definition) is 3. The van der Waals surface area contributed by atoms with Gasteiger partial charge >= 0.3 is 0 Å². The van der Waals surface area contributed by atoms with Crippen molar-refractivity contribution in [2.75, 3.05) is 6.61 Å². The average Bonchev–Trinajstić information content (AvgIpc) is 2.52. The molecule has 2 N–H and O–H groups in total. The van der Waals surface area contributed by atoms with Crippen LogP contribution in [0.1, 0.15) is 27.0 Å². The summed E-state index contributed by atoms with van der Waals surface area (Å²) in [6, 6.07) is 12.9. The third-order valence-corrected chi connectivity index (χ3v) is 3.46. The van der Waals surface area contributed by atoms with E-state index in [4.69, 9.17) is 4.74 Å². The van der Waals surface area contributed by atoms with Crippen molar-refractivity contribution in [3.63, 3.8) is 0 Å². The van der Waals surface area contributed by atoms with Crippen LogP contribution in [0.4, 0.5) is 0 Å². The van der Waals surface area contributed by atoms with E-state index in [-0.39, 0.29) is 12.5 Å². The minimum atomic E-state index is -0.422. The lowest BCUT2D eigenvalue weighted by Gasteiger charge is -2.12. The standard InChI is InChI=1S/C18H20N2O3/c1-12-7-4-5-10-15(12)18(22)20-19-16(21)11-23-17-13(2)8-6-9-14(17)3/h4-10H,11H2,1-3H3,(H,19,21)(H,20,22). The van der Waals surface area contributed by atoms with Crippen molar-refractivity contribution in [2.45, 2.75) is 20.8 Å². The number of nitrogens with one attached hydrogen (secondary N) is 2. The lowest BCUT2D eigenvalue weighted by molar-refractivity contribution is -0.123. The number of amides is 2. The summed E-state index contributed by atoms with van der Waals surface area (Å²) in [4.78, 5) is 23.8. The van der Waals surface area contributed by atoms with Gasteiger partial charge in [-0.25, -0.2) is 0 Å². The second-order valence-electron chi connectivity index (χ2n) is 5.33. The van der Waals surface area contributed by atoms with Crippen LogP contribution in [-0.4, -0.2) is 18.4 Å². The van der Waals surface area contributed by atoms with Crippen LogP contribution in [0.25, 0.3) is 0 Å². The second-order valence-corrected chi connectivity index (χ2v) is 5.33. The van der Waals surface area contributed by atoms with E-state index in [0.717, 1.165) is 16.7 Å².